The first-order valence-corrected chi connectivity index (χ1v) is 7.61. The molecule has 0 saturated heterocycles. The molecule has 0 spiro atoms. The molecule has 0 bridgehead atoms. The Morgan fingerprint density at radius 2 is 2.05 bits per heavy atom. The first-order valence-electron chi connectivity index (χ1n) is 6.62. The summed E-state index contributed by atoms with van der Waals surface area (Å²) >= 11 is 1.46. The van der Waals surface area contributed by atoms with E-state index in [9.17, 15) is 10.1 Å². The van der Waals surface area contributed by atoms with Gasteiger partial charge in [0.2, 0.25) is 0 Å². The molecule has 0 unspecified atom stereocenters. The number of para-hydroxylation sites is 1. The van der Waals surface area contributed by atoms with Gasteiger partial charge >= 0.3 is 0 Å². The average molecular weight is 304 g/mol. The molecule has 0 aliphatic heterocycles. The molecule has 0 aliphatic carbocycles. The van der Waals surface area contributed by atoms with Crippen molar-refractivity contribution in [1.82, 2.24) is 9.97 Å². The van der Waals surface area contributed by atoms with Crippen LogP contribution in [-0.2, 0) is 5.75 Å². The van der Waals surface area contributed by atoms with Crippen LogP contribution in [0.3, 0.4) is 0 Å². The summed E-state index contributed by atoms with van der Waals surface area (Å²) in [7, 11) is 0. The van der Waals surface area contributed by atoms with E-state index >= 15 is 0 Å². The molecular weight excluding hydrogens is 288 g/mol. The quantitative estimate of drug-likeness (QED) is 0.365. The molecule has 0 saturated carbocycles. The van der Waals surface area contributed by atoms with Crippen molar-refractivity contribution in [3.05, 3.63) is 52.3 Å². The Bertz CT molecular complexity index is 607. The number of nitro benzene ring substituents is 1. The molecule has 6 nitrogen and oxygen atoms in total. The summed E-state index contributed by atoms with van der Waals surface area (Å²) < 4.78 is 0. The molecule has 2 rings (SSSR count). The van der Waals surface area contributed by atoms with Gasteiger partial charge in [-0.05, 0) is 18.1 Å². The molecule has 21 heavy (non-hydrogen) atoms. The number of nitrogens with zero attached hydrogens (tertiary/aromatic N) is 3. The van der Waals surface area contributed by atoms with Gasteiger partial charge in [-0.1, -0.05) is 30.8 Å². The zero-order valence-electron chi connectivity index (χ0n) is 11.7. The Morgan fingerprint density at radius 1 is 1.29 bits per heavy atom. The first-order chi connectivity index (χ1) is 10.2. The summed E-state index contributed by atoms with van der Waals surface area (Å²) in [5.41, 5.74) is 1.58. The predicted molar refractivity (Wildman–Crippen MR) is 83.5 cm³/mol. The van der Waals surface area contributed by atoms with Gasteiger partial charge in [0.15, 0.2) is 5.16 Å². The zero-order chi connectivity index (χ0) is 15.1. The summed E-state index contributed by atoms with van der Waals surface area (Å²) in [4.78, 5) is 19.1. The molecule has 0 atom stereocenters. The second-order valence-corrected chi connectivity index (χ2v) is 5.26. The minimum absolute atomic E-state index is 0.107. The fraction of sp³-hybridized carbons (Fsp3) is 0.286. The molecule has 7 heteroatoms. The lowest BCUT2D eigenvalue weighted by Crippen LogP contribution is -2.06. The zero-order valence-corrected chi connectivity index (χ0v) is 12.5. The van der Waals surface area contributed by atoms with Crippen molar-refractivity contribution in [2.45, 2.75) is 24.3 Å². The van der Waals surface area contributed by atoms with E-state index in [1.807, 2.05) is 13.0 Å². The predicted octanol–water partition coefficient (Wildman–Crippen LogP) is 3.50. The van der Waals surface area contributed by atoms with Crippen LogP contribution in [0.4, 0.5) is 11.4 Å². The van der Waals surface area contributed by atoms with Crippen molar-refractivity contribution in [3.8, 4) is 0 Å². The summed E-state index contributed by atoms with van der Waals surface area (Å²) in [5, 5.41) is 15.0. The van der Waals surface area contributed by atoms with Crippen LogP contribution in [0.5, 0.6) is 0 Å². The van der Waals surface area contributed by atoms with Crippen molar-refractivity contribution < 1.29 is 4.92 Å². The molecule has 2 aromatic rings. The lowest BCUT2D eigenvalue weighted by Gasteiger charge is -2.11. The van der Waals surface area contributed by atoms with Gasteiger partial charge in [-0.25, -0.2) is 9.97 Å². The second-order valence-electron chi connectivity index (χ2n) is 4.32. The van der Waals surface area contributed by atoms with Gasteiger partial charge in [-0.15, -0.1) is 0 Å². The first kappa shape index (κ1) is 15.2. The van der Waals surface area contributed by atoms with Gasteiger partial charge in [-0.2, -0.15) is 0 Å². The summed E-state index contributed by atoms with van der Waals surface area (Å²) in [6.07, 6.45) is 4.26. The number of hydrogen-bond acceptors (Lipinski definition) is 6. The van der Waals surface area contributed by atoms with Crippen molar-refractivity contribution in [2.24, 2.45) is 0 Å². The van der Waals surface area contributed by atoms with E-state index in [0.717, 1.165) is 12.0 Å². The van der Waals surface area contributed by atoms with E-state index in [4.69, 9.17) is 0 Å². The third-order valence-electron chi connectivity index (χ3n) is 2.78. The van der Waals surface area contributed by atoms with E-state index in [2.05, 4.69) is 15.3 Å². The maximum Gasteiger partial charge on any atom is 0.292 e. The fourth-order valence-corrected chi connectivity index (χ4v) is 2.61. The number of thioether (sulfide) groups is 1. The van der Waals surface area contributed by atoms with Crippen LogP contribution in [0.1, 0.15) is 18.9 Å². The highest BCUT2D eigenvalue weighted by molar-refractivity contribution is 7.98. The molecule has 0 amide bonds. The van der Waals surface area contributed by atoms with Gasteiger partial charge in [0.05, 0.1) is 4.92 Å². The van der Waals surface area contributed by atoms with Crippen molar-refractivity contribution in [2.75, 3.05) is 11.9 Å². The minimum Gasteiger partial charge on any atom is -0.379 e. The van der Waals surface area contributed by atoms with Gasteiger partial charge < -0.3 is 5.32 Å². The number of anilines is 1. The molecule has 0 aliphatic rings. The van der Waals surface area contributed by atoms with Crippen LogP contribution < -0.4 is 5.32 Å². The summed E-state index contributed by atoms with van der Waals surface area (Å²) in [6.45, 7) is 2.72. The molecule has 1 N–H and O–H groups in total. The normalized spacial score (nSPS) is 10.3. The monoisotopic (exact) mass is 304 g/mol. The number of hydrogen-bond donors (Lipinski definition) is 1. The molecule has 1 aromatic carbocycles. The lowest BCUT2D eigenvalue weighted by atomic mass is 10.1. The number of rotatable bonds is 7. The van der Waals surface area contributed by atoms with Crippen LogP contribution in [0.15, 0.2) is 41.8 Å². The Balaban J connectivity index is 2.21. The standard InChI is InChI=1S/C14H16N4O2S/c1-2-7-15-13-11(5-3-6-12(13)18(19)20)10-21-14-16-8-4-9-17-14/h3-6,8-9,15H,2,7,10H2,1H3. The molecule has 0 radical (unpaired) electrons. The molecular formula is C14H16N4O2S. The van der Waals surface area contributed by atoms with Crippen molar-refractivity contribution in [1.29, 1.82) is 0 Å². The third kappa shape index (κ3) is 4.16. The van der Waals surface area contributed by atoms with Crippen LogP contribution in [0, 0.1) is 10.1 Å². The highest BCUT2D eigenvalue weighted by Gasteiger charge is 2.17. The molecule has 0 fully saturated rings. The van der Waals surface area contributed by atoms with Crippen LogP contribution >= 0.6 is 11.8 Å². The maximum absolute atomic E-state index is 11.1. The van der Waals surface area contributed by atoms with Gasteiger partial charge in [0.25, 0.3) is 5.69 Å². The van der Waals surface area contributed by atoms with E-state index in [1.54, 1.807) is 24.5 Å². The van der Waals surface area contributed by atoms with Gasteiger partial charge in [0, 0.05) is 30.8 Å². The maximum atomic E-state index is 11.1. The second kappa shape index (κ2) is 7.58. The lowest BCUT2D eigenvalue weighted by molar-refractivity contribution is -0.384. The topological polar surface area (TPSA) is 81.0 Å². The Morgan fingerprint density at radius 3 is 2.71 bits per heavy atom. The number of nitrogens with one attached hydrogen (secondary N) is 1. The molecule has 110 valence electrons. The molecule has 1 heterocycles. The minimum atomic E-state index is -0.356. The summed E-state index contributed by atoms with van der Waals surface area (Å²) in [5.74, 6) is 0.581. The van der Waals surface area contributed by atoms with E-state index < -0.39 is 0 Å². The van der Waals surface area contributed by atoms with E-state index in [-0.39, 0.29) is 10.6 Å². The van der Waals surface area contributed by atoms with E-state index in [0.29, 0.717) is 23.1 Å². The van der Waals surface area contributed by atoms with E-state index in [1.165, 1.54) is 17.8 Å². The van der Waals surface area contributed by atoms with Crippen molar-refractivity contribution >= 4 is 23.1 Å². The smallest absolute Gasteiger partial charge is 0.292 e. The highest BCUT2D eigenvalue weighted by Crippen LogP contribution is 2.32. The van der Waals surface area contributed by atoms with Gasteiger partial charge in [-0.3, -0.25) is 10.1 Å². The van der Waals surface area contributed by atoms with Crippen LogP contribution in [-0.4, -0.2) is 21.4 Å². The highest BCUT2D eigenvalue weighted by atomic mass is 32.2. The third-order valence-corrected chi connectivity index (χ3v) is 3.70. The summed E-state index contributed by atoms with van der Waals surface area (Å²) in [6, 6.07) is 6.87. The molecule has 1 aromatic heterocycles. The number of nitro groups is 1. The van der Waals surface area contributed by atoms with Crippen LogP contribution in [0.2, 0.25) is 0 Å². The fourth-order valence-electron chi connectivity index (χ4n) is 1.82. The average Bonchev–Trinajstić information content (AvgIpc) is 2.52. The van der Waals surface area contributed by atoms with Crippen LogP contribution in [0.25, 0.3) is 0 Å². The van der Waals surface area contributed by atoms with Gasteiger partial charge in [0.1, 0.15) is 5.69 Å². The van der Waals surface area contributed by atoms with Crippen molar-refractivity contribution in [3.63, 3.8) is 0 Å². The Labute approximate surface area is 127 Å². The Hall–Kier alpha value is -2.15. The largest absolute Gasteiger partial charge is 0.379 e. The SMILES string of the molecule is CCCNc1c(CSc2ncccn2)cccc1[N+](=O)[O-]. The Kier molecular flexibility index (Phi) is 5.51. The number of benzene rings is 1. The number of aromatic nitrogens is 2.